The minimum Gasteiger partial charge on any atom is -0.481 e. The molecular weight excluding hydrogens is 464 g/mol. The number of carbonyl (C=O) groups is 1. The zero-order valence-electron chi connectivity index (χ0n) is 20.4. The van der Waals surface area contributed by atoms with Crippen LogP contribution in [-0.4, -0.2) is 21.0 Å². The molecule has 0 bridgehead atoms. The molecule has 0 atom stereocenters. The van der Waals surface area contributed by atoms with Gasteiger partial charge >= 0.3 is 5.97 Å². The number of aromatic nitrogens is 1. The number of rotatable bonds is 6. The Hall–Kier alpha value is -3.57. The van der Waals surface area contributed by atoms with E-state index in [4.69, 9.17) is 22.3 Å². The molecule has 5 rings (SSSR count). The van der Waals surface area contributed by atoms with Gasteiger partial charge in [0.15, 0.2) is 0 Å². The quantitative estimate of drug-likeness (QED) is 0.268. The van der Waals surface area contributed by atoms with E-state index < -0.39 is 5.97 Å². The highest BCUT2D eigenvalue weighted by atomic mass is 32.1. The summed E-state index contributed by atoms with van der Waals surface area (Å²) in [6, 6.07) is 27.3. The Morgan fingerprint density at radius 3 is 2.33 bits per heavy atom. The van der Waals surface area contributed by atoms with Gasteiger partial charge in [-0.3, -0.25) is 9.78 Å². The lowest BCUT2D eigenvalue weighted by molar-refractivity contribution is -0.138. The molecule has 1 heterocycles. The summed E-state index contributed by atoms with van der Waals surface area (Å²) in [7, 11) is 0. The topological polar surface area (TPSA) is 62.2 Å². The molecule has 1 aliphatic carbocycles. The van der Waals surface area contributed by atoms with Crippen molar-refractivity contribution < 1.29 is 9.90 Å². The fraction of sp³-hybridized carbons (Fsp3) is 0.258. The molecule has 2 N–H and O–H groups in total. The predicted octanol–water partition coefficient (Wildman–Crippen LogP) is 7.75. The maximum Gasteiger partial charge on any atom is 0.303 e. The van der Waals surface area contributed by atoms with Gasteiger partial charge in [-0.05, 0) is 85.4 Å². The second kappa shape index (κ2) is 10.6. The number of nitrogens with one attached hydrogen (secondary N) is 1. The van der Waals surface area contributed by atoms with Crippen molar-refractivity contribution in [3.05, 3.63) is 95.7 Å². The zero-order valence-corrected chi connectivity index (χ0v) is 21.2. The first kappa shape index (κ1) is 24.1. The van der Waals surface area contributed by atoms with Crippen LogP contribution in [0.25, 0.3) is 22.0 Å². The van der Waals surface area contributed by atoms with Gasteiger partial charge in [0.2, 0.25) is 0 Å². The van der Waals surface area contributed by atoms with E-state index in [0.717, 1.165) is 64.7 Å². The number of aryl methyl sites for hydroxylation is 1. The highest BCUT2D eigenvalue weighted by Gasteiger charge is 2.24. The number of fused-ring (bicyclic) bond motifs is 1. The second-order valence-corrected chi connectivity index (χ2v) is 10.2. The van der Waals surface area contributed by atoms with E-state index in [-0.39, 0.29) is 0 Å². The monoisotopic (exact) mass is 494 g/mol. The van der Waals surface area contributed by atoms with Crippen LogP contribution in [0.5, 0.6) is 0 Å². The van der Waals surface area contributed by atoms with Crippen LogP contribution in [0.4, 0.5) is 5.69 Å². The van der Waals surface area contributed by atoms with Gasteiger partial charge < -0.3 is 10.4 Å². The van der Waals surface area contributed by atoms with Crippen molar-refractivity contribution in [2.75, 3.05) is 5.32 Å². The summed E-state index contributed by atoms with van der Waals surface area (Å²) < 4.78 is 0. The van der Waals surface area contributed by atoms with Crippen molar-refractivity contribution in [2.24, 2.45) is 5.92 Å². The molecule has 0 saturated heterocycles. The molecule has 0 amide bonds. The molecule has 0 aliphatic heterocycles. The van der Waals surface area contributed by atoms with Gasteiger partial charge in [-0.15, -0.1) is 0 Å². The molecule has 0 unspecified atom stereocenters. The van der Waals surface area contributed by atoms with Gasteiger partial charge in [-0.2, -0.15) is 0 Å². The summed E-state index contributed by atoms with van der Waals surface area (Å²) in [4.78, 5) is 16.5. The highest BCUT2D eigenvalue weighted by molar-refractivity contribution is 7.81. The SMILES string of the molecule is Cc1cc(C(=S)Nc2ccccc2)c2ccc(-c3ccc(C4CCC(CC(=O)O)CC4)cc3)cc2n1. The van der Waals surface area contributed by atoms with E-state index in [9.17, 15) is 4.79 Å². The summed E-state index contributed by atoms with van der Waals surface area (Å²) in [6.45, 7) is 2.00. The minimum atomic E-state index is -0.677. The maximum atomic E-state index is 11.0. The third-order valence-corrected chi connectivity index (χ3v) is 7.56. The number of hydrogen-bond acceptors (Lipinski definition) is 3. The molecule has 1 fully saturated rings. The largest absolute Gasteiger partial charge is 0.481 e. The first-order chi connectivity index (χ1) is 17.5. The Balaban J connectivity index is 1.35. The number of carboxylic acid groups (broad SMARTS) is 1. The third kappa shape index (κ3) is 5.47. The molecule has 182 valence electrons. The first-order valence-corrected chi connectivity index (χ1v) is 13.0. The molecule has 1 aromatic heterocycles. The molecule has 3 aromatic carbocycles. The number of nitrogens with zero attached hydrogens (tertiary/aromatic N) is 1. The van der Waals surface area contributed by atoms with E-state index in [2.05, 4.69) is 47.8 Å². The zero-order chi connectivity index (χ0) is 25.1. The smallest absolute Gasteiger partial charge is 0.303 e. The Morgan fingerprint density at radius 1 is 0.944 bits per heavy atom. The predicted molar refractivity (Wildman–Crippen MR) is 151 cm³/mol. The fourth-order valence-corrected chi connectivity index (χ4v) is 5.63. The van der Waals surface area contributed by atoms with E-state index in [1.165, 1.54) is 5.56 Å². The number of aliphatic carboxylic acids is 1. The van der Waals surface area contributed by atoms with Crippen LogP contribution in [0.1, 0.15) is 54.8 Å². The number of benzene rings is 3. The van der Waals surface area contributed by atoms with Crippen LogP contribution in [0.15, 0.2) is 78.9 Å². The standard InChI is InChI=1S/C31H30N2O2S/c1-20-17-28(31(36)33-26-5-3-2-4-6-26)27-16-15-25(19-29(27)32-20)24-13-11-23(12-14-24)22-9-7-21(8-10-22)18-30(34)35/h2-6,11-17,19,21-22H,7-10,18H2,1H3,(H,33,36)(H,34,35). The van der Waals surface area contributed by atoms with E-state index in [0.29, 0.717) is 23.2 Å². The molecule has 4 nitrogen and oxygen atoms in total. The Bertz CT molecular complexity index is 1390. The molecule has 5 heteroatoms. The van der Waals surface area contributed by atoms with E-state index in [1.807, 2.05) is 43.3 Å². The lowest BCUT2D eigenvalue weighted by Gasteiger charge is -2.28. The van der Waals surface area contributed by atoms with E-state index >= 15 is 0 Å². The van der Waals surface area contributed by atoms with Crippen molar-refractivity contribution in [2.45, 2.75) is 44.9 Å². The third-order valence-electron chi connectivity index (χ3n) is 7.24. The average molecular weight is 495 g/mol. The van der Waals surface area contributed by atoms with Gasteiger partial charge in [0.1, 0.15) is 4.99 Å². The highest BCUT2D eigenvalue weighted by Crippen LogP contribution is 2.38. The van der Waals surface area contributed by atoms with Crippen molar-refractivity contribution in [1.82, 2.24) is 4.98 Å². The lowest BCUT2D eigenvalue weighted by atomic mass is 9.77. The van der Waals surface area contributed by atoms with Crippen LogP contribution in [0.2, 0.25) is 0 Å². The minimum absolute atomic E-state index is 0.301. The van der Waals surface area contributed by atoms with Crippen LogP contribution in [0.3, 0.4) is 0 Å². The van der Waals surface area contributed by atoms with Gasteiger partial charge in [0.25, 0.3) is 0 Å². The average Bonchev–Trinajstić information content (AvgIpc) is 2.88. The van der Waals surface area contributed by atoms with Gasteiger partial charge in [-0.1, -0.05) is 66.8 Å². The Morgan fingerprint density at radius 2 is 1.64 bits per heavy atom. The van der Waals surface area contributed by atoms with Gasteiger partial charge in [-0.25, -0.2) is 0 Å². The summed E-state index contributed by atoms with van der Waals surface area (Å²) in [5, 5.41) is 13.4. The molecule has 0 radical (unpaired) electrons. The molecule has 1 aliphatic rings. The number of carboxylic acids is 1. The number of anilines is 1. The Labute approximate surface area is 217 Å². The first-order valence-electron chi connectivity index (χ1n) is 12.6. The van der Waals surface area contributed by atoms with Gasteiger partial charge in [0, 0.05) is 28.8 Å². The van der Waals surface area contributed by atoms with Crippen LogP contribution in [0, 0.1) is 12.8 Å². The van der Waals surface area contributed by atoms with E-state index in [1.54, 1.807) is 0 Å². The number of pyridine rings is 1. The number of hydrogen-bond donors (Lipinski definition) is 2. The molecular formula is C31H30N2O2S. The lowest BCUT2D eigenvalue weighted by Crippen LogP contribution is -2.16. The Kier molecular flexibility index (Phi) is 7.10. The van der Waals surface area contributed by atoms with Crippen LogP contribution < -0.4 is 5.32 Å². The molecule has 1 saturated carbocycles. The van der Waals surface area contributed by atoms with Crippen LogP contribution in [-0.2, 0) is 4.79 Å². The summed E-state index contributed by atoms with van der Waals surface area (Å²) in [5.41, 5.74) is 7.46. The molecule has 4 aromatic rings. The summed E-state index contributed by atoms with van der Waals surface area (Å²) >= 11 is 5.75. The molecule has 36 heavy (non-hydrogen) atoms. The van der Waals surface area contributed by atoms with Crippen molar-refractivity contribution in [1.29, 1.82) is 0 Å². The fourth-order valence-electron chi connectivity index (χ4n) is 5.34. The number of thiocarbonyl (C=S) groups is 1. The van der Waals surface area contributed by atoms with Gasteiger partial charge in [0.05, 0.1) is 5.52 Å². The molecule has 0 spiro atoms. The van der Waals surface area contributed by atoms with Crippen molar-refractivity contribution in [3.8, 4) is 11.1 Å². The van der Waals surface area contributed by atoms with Crippen LogP contribution >= 0.6 is 12.2 Å². The van der Waals surface area contributed by atoms with Crippen molar-refractivity contribution in [3.63, 3.8) is 0 Å². The normalized spacial score (nSPS) is 17.6. The second-order valence-electron chi connectivity index (χ2n) is 9.80. The summed E-state index contributed by atoms with van der Waals surface area (Å²) in [6.07, 6.45) is 4.43. The summed E-state index contributed by atoms with van der Waals surface area (Å²) in [5.74, 6) is 0.169. The maximum absolute atomic E-state index is 11.0. The van der Waals surface area contributed by atoms with Crippen molar-refractivity contribution >= 4 is 39.8 Å². The number of para-hydroxylation sites is 1.